The Morgan fingerprint density at radius 2 is 1.95 bits per heavy atom. The van der Waals surface area contributed by atoms with Crippen LogP contribution in [0.25, 0.3) is 0 Å². The van der Waals surface area contributed by atoms with Crippen molar-refractivity contribution in [3.05, 3.63) is 35.4 Å². The van der Waals surface area contributed by atoms with Gasteiger partial charge in [0.05, 0.1) is 5.41 Å². The van der Waals surface area contributed by atoms with Crippen molar-refractivity contribution in [3.8, 4) is 0 Å². The number of aliphatic carboxylic acids is 1. The molecule has 102 valence electrons. The second-order valence-corrected chi connectivity index (χ2v) is 5.31. The number of benzene rings is 1. The highest BCUT2D eigenvalue weighted by Crippen LogP contribution is 2.46. The molecule has 0 atom stereocenters. The Bertz CT molecular complexity index is 506. The monoisotopic (exact) mass is 261 g/mol. The van der Waals surface area contributed by atoms with E-state index in [0.717, 1.165) is 30.4 Å². The van der Waals surface area contributed by atoms with E-state index in [1.54, 1.807) is 7.05 Å². The molecule has 0 unspecified atom stereocenters. The van der Waals surface area contributed by atoms with E-state index < -0.39 is 11.4 Å². The highest BCUT2D eigenvalue weighted by atomic mass is 16.4. The van der Waals surface area contributed by atoms with Crippen LogP contribution in [-0.2, 0) is 15.0 Å². The Hall–Kier alpha value is -1.84. The molecule has 1 amide bonds. The SMILES string of the molecule is Cc1ccccc1C1(C(=O)N(C)CC(=O)O)CCC1. The quantitative estimate of drug-likeness (QED) is 0.901. The first-order valence-electron chi connectivity index (χ1n) is 6.51. The van der Waals surface area contributed by atoms with Crippen LogP contribution < -0.4 is 0 Å². The third-order valence-corrected chi connectivity index (χ3v) is 4.00. The number of carbonyl (C=O) groups excluding carboxylic acids is 1. The minimum Gasteiger partial charge on any atom is -0.480 e. The zero-order chi connectivity index (χ0) is 14.0. The molecule has 1 saturated carbocycles. The average Bonchev–Trinajstić information content (AvgIpc) is 2.29. The van der Waals surface area contributed by atoms with Gasteiger partial charge in [0.1, 0.15) is 6.54 Å². The van der Waals surface area contributed by atoms with Crippen LogP contribution in [0, 0.1) is 6.92 Å². The van der Waals surface area contributed by atoms with Gasteiger partial charge in [0, 0.05) is 7.05 Å². The molecule has 4 nitrogen and oxygen atoms in total. The van der Waals surface area contributed by atoms with Gasteiger partial charge in [-0.1, -0.05) is 30.7 Å². The zero-order valence-electron chi connectivity index (χ0n) is 11.3. The maximum Gasteiger partial charge on any atom is 0.323 e. The third kappa shape index (κ3) is 2.35. The maximum absolute atomic E-state index is 12.6. The van der Waals surface area contributed by atoms with Crippen molar-refractivity contribution in [3.63, 3.8) is 0 Å². The van der Waals surface area contributed by atoms with Crippen LogP contribution in [0.15, 0.2) is 24.3 Å². The molecule has 1 fully saturated rings. The molecule has 0 aromatic heterocycles. The number of amides is 1. The van der Waals surface area contributed by atoms with Crippen molar-refractivity contribution in [1.29, 1.82) is 0 Å². The number of rotatable bonds is 4. The molecule has 0 heterocycles. The standard InChI is InChI=1S/C15H19NO3/c1-11-6-3-4-7-12(11)15(8-5-9-15)14(19)16(2)10-13(17)18/h3-4,6-7H,5,8-10H2,1-2H3,(H,17,18). The molecule has 1 aliphatic rings. The van der Waals surface area contributed by atoms with Crippen LogP contribution in [-0.4, -0.2) is 35.5 Å². The van der Waals surface area contributed by atoms with E-state index in [-0.39, 0.29) is 12.5 Å². The number of carboxylic acid groups (broad SMARTS) is 1. The van der Waals surface area contributed by atoms with Gasteiger partial charge in [-0.2, -0.15) is 0 Å². The van der Waals surface area contributed by atoms with Crippen LogP contribution in [0.4, 0.5) is 0 Å². The van der Waals surface area contributed by atoms with E-state index in [0.29, 0.717) is 0 Å². The van der Waals surface area contributed by atoms with E-state index in [1.807, 2.05) is 31.2 Å². The lowest BCUT2D eigenvalue weighted by Gasteiger charge is -2.43. The number of carbonyl (C=O) groups is 2. The van der Waals surface area contributed by atoms with Crippen molar-refractivity contribution >= 4 is 11.9 Å². The van der Waals surface area contributed by atoms with Crippen LogP contribution >= 0.6 is 0 Å². The highest BCUT2D eigenvalue weighted by molar-refractivity contribution is 5.91. The van der Waals surface area contributed by atoms with Gasteiger partial charge in [0.15, 0.2) is 0 Å². The molecule has 1 N–H and O–H groups in total. The van der Waals surface area contributed by atoms with E-state index in [4.69, 9.17) is 5.11 Å². The van der Waals surface area contributed by atoms with Crippen molar-refractivity contribution in [2.75, 3.05) is 13.6 Å². The minimum absolute atomic E-state index is 0.0737. The lowest BCUT2D eigenvalue weighted by atomic mass is 9.62. The van der Waals surface area contributed by atoms with Gasteiger partial charge in [-0.25, -0.2) is 0 Å². The summed E-state index contributed by atoms with van der Waals surface area (Å²) in [6, 6.07) is 7.88. The summed E-state index contributed by atoms with van der Waals surface area (Å²) < 4.78 is 0. The average molecular weight is 261 g/mol. The number of likely N-dealkylation sites (N-methyl/N-ethyl adjacent to an activating group) is 1. The van der Waals surface area contributed by atoms with Gasteiger partial charge in [0.25, 0.3) is 0 Å². The fraction of sp³-hybridized carbons (Fsp3) is 0.467. The molecule has 0 aliphatic heterocycles. The fourth-order valence-electron chi connectivity index (χ4n) is 2.88. The maximum atomic E-state index is 12.6. The Morgan fingerprint density at radius 1 is 1.32 bits per heavy atom. The number of carboxylic acids is 1. The fourth-order valence-corrected chi connectivity index (χ4v) is 2.88. The number of hydrogen-bond donors (Lipinski definition) is 1. The predicted molar refractivity (Wildman–Crippen MR) is 72.0 cm³/mol. The van der Waals surface area contributed by atoms with Crippen LogP contribution in [0.3, 0.4) is 0 Å². The summed E-state index contributed by atoms with van der Waals surface area (Å²) in [7, 11) is 1.56. The summed E-state index contributed by atoms with van der Waals surface area (Å²) in [4.78, 5) is 24.7. The molecule has 19 heavy (non-hydrogen) atoms. The summed E-state index contributed by atoms with van der Waals surface area (Å²) in [6.45, 7) is 1.76. The van der Waals surface area contributed by atoms with Gasteiger partial charge in [-0.15, -0.1) is 0 Å². The summed E-state index contributed by atoms with van der Waals surface area (Å²) in [6.07, 6.45) is 2.63. The first kappa shape index (κ1) is 13.6. The van der Waals surface area contributed by atoms with Gasteiger partial charge >= 0.3 is 5.97 Å². The summed E-state index contributed by atoms with van der Waals surface area (Å²) in [5.41, 5.74) is 1.64. The summed E-state index contributed by atoms with van der Waals surface area (Å²) in [5.74, 6) is -1.05. The largest absolute Gasteiger partial charge is 0.480 e. The Kier molecular flexibility index (Phi) is 3.60. The van der Waals surface area contributed by atoms with Crippen molar-refractivity contribution in [2.45, 2.75) is 31.6 Å². The zero-order valence-corrected chi connectivity index (χ0v) is 11.3. The second kappa shape index (κ2) is 5.03. The molecule has 2 rings (SSSR count). The molecule has 4 heteroatoms. The van der Waals surface area contributed by atoms with Crippen molar-refractivity contribution in [2.24, 2.45) is 0 Å². The van der Waals surface area contributed by atoms with E-state index >= 15 is 0 Å². The van der Waals surface area contributed by atoms with Gasteiger partial charge in [0.2, 0.25) is 5.91 Å². The van der Waals surface area contributed by atoms with Gasteiger partial charge in [-0.3, -0.25) is 9.59 Å². The van der Waals surface area contributed by atoms with Gasteiger partial charge in [-0.05, 0) is 30.9 Å². The van der Waals surface area contributed by atoms with E-state index in [9.17, 15) is 9.59 Å². The predicted octanol–water partition coefficient (Wildman–Crippen LogP) is 1.96. The highest BCUT2D eigenvalue weighted by Gasteiger charge is 2.47. The third-order valence-electron chi connectivity index (χ3n) is 4.00. The first-order valence-corrected chi connectivity index (χ1v) is 6.51. The number of hydrogen-bond acceptors (Lipinski definition) is 2. The van der Waals surface area contributed by atoms with Crippen molar-refractivity contribution < 1.29 is 14.7 Å². The molecular weight excluding hydrogens is 242 g/mol. The summed E-state index contributed by atoms with van der Waals surface area (Å²) in [5, 5.41) is 8.82. The number of aryl methyl sites for hydroxylation is 1. The summed E-state index contributed by atoms with van der Waals surface area (Å²) >= 11 is 0. The molecule has 1 aliphatic carbocycles. The van der Waals surface area contributed by atoms with E-state index in [1.165, 1.54) is 4.90 Å². The molecule has 0 radical (unpaired) electrons. The normalized spacial score (nSPS) is 16.5. The Balaban J connectivity index is 2.31. The Morgan fingerprint density at radius 3 is 2.42 bits per heavy atom. The number of nitrogens with zero attached hydrogens (tertiary/aromatic N) is 1. The molecular formula is C15H19NO3. The lowest BCUT2D eigenvalue weighted by molar-refractivity contribution is -0.147. The van der Waals surface area contributed by atoms with Crippen LogP contribution in [0.1, 0.15) is 30.4 Å². The van der Waals surface area contributed by atoms with Gasteiger partial charge < -0.3 is 10.0 Å². The second-order valence-electron chi connectivity index (χ2n) is 5.31. The minimum atomic E-state index is -0.977. The molecule has 0 saturated heterocycles. The van der Waals surface area contributed by atoms with E-state index in [2.05, 4.69) is 0 Å². The molecule has 0 bridgehead atoms. The lowest BCUT2D eigenvalue weighted by Crippen LogP contribution is -2.51. The van der Waals surface area contributed by atoms with Crippen LogP contribution in [0.2, 0.25) is 0 Å². The molecule has 1 aromatic carbocycles. The smallest absolute Gasteiger partial charge is 0.323 e. The topological polar surface area (TPSA) is 57.6 Å². The van der Waals surface area contributed by atoms with Crippen molar-refractivity contribution in [1.82, 2.24) is 4.90 Å². The molecule has 0 spiro atoms. The molecule has 1 aromatic rings. The van der Waals surface area contributed by atoms with Crippen LogP contribution in [0.5, 0.6) is 0 Å². The first-order chi connectivity index (χ1) is 8.97. The Labute approximate surface area is 113 Å².